The SMILES string of the molecule is O=C(Nc1nc(-c2ccco2)cs1)c1ccc2nc(Cl)ccc2c1. The number of hydrogen-bond donors (Lipinski definition) is 1. The molecule has 0 radical (unpaired) electrons. The number of hydrogen-bond acceptors (Lipinski definition) is 5. The van der Waals surface area contributed by atoms with Gasteiger partial charge in [-0.2, -0.15) is 0 Å². The van der Waals surface area contributed by atoms with Crippen LogP contribution in [0, 0.1) is 0 Å². The summed E-state index contributed by atoms with van der Waals surface area (Å²) in [5.74, 6) is 0.438. The first kappa shape index (κ1) is 14.9. The van der Waals surface area contributed by atoms with Gasteiger partial charge in [-0.3, -0.25) is 10.1 Å². The number of nitrogens with zero attached hydrogens (tertiary/aromatic N) is 2. The Bertz CT molecular complexity index is 1030. The number of halogens is 1. The minimum Gasteiger partial charge on any atom is -0.463 e. The Morgan fingerprint density at radius 3 is 2.92 bits per heavy atom. The Kier molecular flexibility index (Phi) is 3.76. The summed E-state index contributed by atoms with van der Waals surface area (Å²) < 4.78 is 5.29. The number of nitrogens with one attached hydrogen (secondary N) is 1. The number of thiazole rings is 1. The lowest BCUT2D eigenvalue weighted by atomic mass is 10.1. The number of anilines is 1. The zero-order valence-electron chi connectivity index (χ0n) is 12.2. The van der Waals surface area contributed by atoms with Crippen molar-refractivity contribution in [2.75, 3.05) is 5.32 Å². The summed E-state index contributed by atoms with van der Waals surface area (Å²) in [5, 5.41) is 6.42. The summed E-state index contributed by atoms with van der Waals surface area (Å²) in [6.45, 7) is 0. The summed E-state index contributed by atoms with van der Waals surface area (Å²) in [6, 6.07) is 12.4. The molecule has 118 valence electrons. The van der Waals surface area contributed by atoms with Gasteiger partial charge in [0.25, 0.3) is 5.91 Å². The number of furan rings is 1. The molecule has 24 heavy (non-hydrogen) atoms. The number of rotatable bonds is 3. The standard InChI is InChI=1S/C17H10ClN3O2S/c18-15-6-4-10-8-11(3-5-12(10)19-15)16(22)21-17-20-13(9-24-17)14-2-1-7-23-14/h1-9H,(H,20,21,22). The Labute approximate surface area is 145 Å². The van der Waals surface area contributed by atoms with Crippen molar-refractivity contribution in [3.05, 3.63) is 64.8 Å². The first-order chi connectivity index (χ1) is 11.7. The lowest BCUT2D eigenvalue weighted by Crippen LogP contribution is -2.11. The minimum atomic E-state index is -0.229. The molecule has 5 nitrogen and oxygen atoms in total. The first-order valence-corrected chi connectivity index (χ1v) is 8.32. The third kappa shape index (κ3) is 2.89. The van der Waals surface area contributed by atoms with Crippen molar-refractivity contribution in [1.29, 1.82) is 0 Å². The molecular formula is C17H10ClN3O2S. The van der Waals surface area contributed by atoms with Gasteiger partial charge in [-0.05, 0) is 42.5 Å². The molecule has 1 amide bonds. The van der Waals surface area contributed by atoms with Gasteiger partial charge in [-0.1, -0.05) is 11.6 Å². The molecule has 0 spiro atoms. The average Bonchev–Trinajstić information content (AvgIpc) is 3.25. The van der Waals surface area contributed by atoms with E-state index in [2.05, 4.69) is 15.3 Å². The van der Waals surface area contributed by atoms with E-state index in [1.54, 1.807) is 36.6 Å². The second-order valence-corrected chi connectivity index (χ2v) is 6.26. The van der Waals surface area contributed by atoms with Crippen molar-refractivity contribution in [3.63, 3.8) is 0 Å². The van der Waals surface area contributed by atoms with Gasteiger partial charge in [0.15, 0.2) is 10.9 Å². The minimum absolute atomic E-state index is 0.229. The maximum Gasteiger partial charge on any atom is 0.257 e. The second kappa shape index (κ2) is 6.07. The van der Waals surface area contributed by atoms with Crippen LogP contribution in [-0.4, -0.2) is 15.9 Å². The molecule has 0 atom stereocenters. The molecule has 4 aromatic rings. The lowest BCUT2D eigenvalue weighted by molar-refractivity contribution is 0.102. The largest absolute Gasteiger partial charge is 0.463 e. The summed E-state index contributed by atoms with van der Waals surface area (Å²) in [7, 11) is 0. The first-order valence-electron chi connectivity index (χ1n) is 7.06. The highest BCUT2D eigenvalue weighted by molar-refractivity contribution is 7.14. The highest BCUT2D eigenvalue weighted by Crippen LogP contribution is 2.25. The fraction of sp³-hybridized carbons (Fsp3) is 0. The van der Waals surface area contributed by atoms with E-state index in [0.29, 0.717) is 27.3 Å². The van der Waals surface area contributed by atoms with E-state index in [4.69, 9.17) is 16.0 Å². The van der Waals surface area contributed by atoms with Gasteiger partial charge in [0.1, 0.15) is 10.8 Å². The number of benzene rings is 1. The smallest absolute Gasteiger partial charge is 0.257 e. The number of carbonyl (C=O) groups is 1. The van der Waals surface area contributed by atoms with Crippen LogP contribution < -0.4 is 5.32 Å². The van der Waals surface area contributed by atoms with Crippen molar-refractivity contribution in [2.24, 2.45) is 0 Å². The van der Waals surface area contributed by atoms with Gasteiger partial charge in [0.2, 0.25) is 0 Å². The molecule has 0 aliphatic carbocycles. The van der Waals surface area contributed by atoms with Crippen LogP contribution >= 0.6 is 22.9 Å². The van der Waals surface area contributed by atoms with Crippen molar-refractivity contribution >= 4 is 44.9 Å². The Balaban J connectivity index is 1.57. The highest BCUT2D eigenvalue weighted by atomic mass is 35.5. The molecule has 0 aliphatic heterocycles. The Morgan fingerprint density at radius 2 is 2.08 bits per heavy atom. The molecule has 0 aliphatic rings. The molecule has 0 unspecified atom stereocenters. The van der Waals surface area contributed by atoms with Crippen LogP contribution in [0.2, 0.25) is 5.15 Å². The molecular weight excluding hydrogens is 346 g/mol. The predicted octanol–water partition coefficient (Wildman–Crippen LogP) is 4.86. The van der Waals surface area contributed by atoms with Gasteiger partial charge >= 0.3 is 0 Å². The quantitative estimate of drug-likeness (QED) is 0.533. The highest BCUT2D eigenvalue weighted by Gasteiger charge is 2.12. The summed E-state index contributed by atoms with van der Waals surface area (Å²) >= 11 is 7.21. The van der Waals surface area contributed by atoms with Crippen LogP contribution in [0.3, 0.4) is 0 Å². The third-order valence-corrected chi connectivity index (χ3v) is 4.38. The van der Waals surface area contributed by atoms with Crippen LogP contribution in [0.15, 0.2) is 58.5 Å². The lowest BCUT2D eigenvalue weighted by Gasteiger charge is -2.03. The van der Waals surface area contributed by atoms with Gasteiger partial charge in [-0.25, -0.2) is 9.97 Å². The normalized spacial score (nSPS) is 10.9. The molecule has 0 saturated carbocycles. The Hall–Kier alpha value is -2.70. The monoisotopic (exact) mass is 355 g/mol. The van der Waals surface area contributed by atoms with E-state index < -0.39 is 0 Å². The van der Waals surface area contributed by atoms with Crippen molar-refractivity contribution in [1.82, 2.24) is 9.97 Å². The second-order valence-electron chi connectivity index (χ2n) is 5.01. The Morgan fingerprint density at radius 1 is 1.17 bits per heavy atom. The fourth-order valence-electron chi connectivity index (χ4n) is 2.28. The predicted molar refractivity (Wildman–Crippen MR) is 94.5 cm³/mol. The van der Waals surface area contributed by atoms with E-state index in [9.17, 15) is 4.79 Å². The van der Waals surface area contributed by atoms with Crippen LogP contribution in [0.25, 0.3) is 22.4 Å². The van der Waals surface area contributed by atoms with E-state index in [0.717, 1.165) is 10.9 Å². The zero-order valence-corrected chi connectivity index (χ0v) is 13.8. The summed E-state index contributed by atoms with van der Waals surface area (Å²) in [4.78, 5) is 21.0. The van der Waals surface area contributed by atoms with E-state index >= 15 is 0 Å². The van der Waals surface area contributed by atoms with Gasteiger partial charge in [-0.15, -0.1) is 11.3 Å². The summed E-state index contributed by atoms with van der Waals surface area (Å²) in [6.07, 6.45) is 1.59. The van der Waals surface area contributed by atoms with Crippen LogP contribution in [0.4, 0.5) is 5.13 Å². The maximum atomic E-state index is 12.4. The van der Waals surface area contributed by atoms with E-state index in [1.807, 2.05) is 17.5 Å². The number of aromatic nitrogens is 2. The fourth-order valence-corrected chi connectivity index (χ4v) is 3.13. The average molecular weight is 356 g/mol. The molecule has 3 aromatic heterocycles. The van der Waals surface area contributed by atoms with Crippen molar-refractivity contribution in [3.8, 4) is 11.5 Å². The molecule has 0 bridgehead atoms. The van der Waals surface area contributed by atoms with Crippen LogP contribution in [0.1, 0.15) is 10.4 Å². The number of pyridine rings is 1. The van der Waals surface area contributed by atoms with Gasteiger partial charge in [0, 0.05) is 16.3 Å². The van der Waals surface area contributed by atoms with Crippen molar-refractivity contribution < 1.29 is 9.21 Å². The molecule has 0 fully saturated rings. The topological polar surface area (TPSA) is 68.0 Å². The van der Waals surface area contributed by atoms with Crippen LogP contribution in [0.5, 0.6) is 0 Å². The van der Waals surface area contributed by atoms with Crippen LogP contribution in [-0.2, 0) is 0 Å². The van der Waals surface area contributed by atoms with E-state index in [-0.39, 0.29) is 5.91 Å². The summed E-state index contributed by atoms with van der Waals surface area (Å²) in [5.41, 5.74) is 1.97. The molecule has 1 aromatic carbocycles. The van der Waals surface area contributed by atoms with Gasteiger partial charge in [0.05, 0.1) is 11.8 Å². The molecule has 7 heteroatoms. The zero-order chi connectivity index (χ0) is 16.5. The molecule has 3 heterocycles. The van der Waals surface area contributed by atoms with E-state index in [1.165, 1.54) is 11.3 Å². The van der Waals surface area contributed by atoms with Crippen molar-refractivity contribution in [2.45, 2.75) is 0 Å². The third-order valence-electron chi connectivity index (χ3n) is 3.42. The molecule has 4 rings (SSSR count). The molecule has 1 N–H and O–H groups in total. The number of carbonyl (C=O) groups excluding carboxylic acids is 1. The maximum absolute atomic E-state index is 12.4. The molecule has 0 saturated heterocycles. The van der Waals surface area contributed by atoms with Gasteiger partial charge < -0.3 is 4.42 Å². The number of fused-ring (bicyclic) bond motifs is 1. The number of amides is 1.